The molecule has 2 aromatic rings. The van der Waals surface area contributed by atoms with Crippen molar-refractivity contribution < 1.29 is 4.74 Å². The van der Waals surface area contributed by atoms with Gasteiger partial charge in [0, 0.05) is 24.5 Å². The van der Waals surface area contributed by atoms with Crippen LogP contribution in [0.2, 0.25) is 0 Å². The first kappa shape index (κ1) is 10.5. The summed E-state index contributed by atoms with van der Waals surface area (Å²) in [6.07, 6.45) is 3.66. The van der Waals surface area contributed by atoms with Gasteiger partial charge in [0.05, 0.1) is 6.20 Å². The largest absolute Gasteiger partial charge is 0.485 e. The lowest BCUT2D eigenvalue weighted by Crippen LogP contribution is -2.00. The van der Waals surface area contributed by atoms with Crippen LogP contribution < -0.4 is 10.5 Å². The maximum Gasteiger partial charge on any atom is 0.166 e. The van der Waals surface area contributed by atoms with Gasteiger partial charge in [-0.3, -0.25) is 4.68 Å². The van der Waals surface area contributed by atoms with Gasteiger partial charge < -0.3 is 10.5 Å². The summed E-state index contributed by atoms with van der Waals surface area (Å²) in [4.78, 5) is 4.12. The number of anilines is 1. The van der Waals surface area contributed by atoms with Crippen LogP contribution in [0.1, 0.15) is 11.3 Å². The predicted octanol–water partition coefficient (Wildman–Crippen LogP) is 1.28. The van der Waals surface area contributed by atoms with E-state index in [1.54, 1.807) is 10.9 Å². The topological polar surface area (TPSA) is 66.0 Å². The van der Waals surface area contributed by atoms with Crippen molar-refractivity contribution in [2.75, 3.05) is 5.73 Å². The van der Waals surface area contributed by atoms with Crippen LogP contribution in [-0.4, -0.2) is 14.8 Å². The van der Waals surface area contributed by atoms with E-state index >= 15 is 0 Å². The molecule has 0 saturated carbocycles. The van der Waals surface area contributed by atoms with E-state index in [9.17, 15) is 0 Å². The third-order valence-corrected chi connectivity index (χ3v) is 2.18. The molecule has 0 amide bonds. The number of ether oxygens (including phenoxy) is 1. The average molecular weight is 218 g/mol. The van der Waals surface area contributed by atoms with Crippen molar-refractivity contribution in [2.24, 2.45) is 7.05 Å². The van der Waals surface area contributed by atoms with E-state index in [4.69, 9.17) is 10.5 Å². The van der Waals surface area contributed by atoms with Gasteiger partial charge in [0.2, 0.25) is 0 Å². The molecule has 2 N–H and O–H groups in total. The number of aromatic nitrogens is 3. The summed E-state index contributed by atoms with van der Waals surface area (Å²) >= 11 is 0. The Morgan fingerprint density at radius 1 is 1.44 bits per heavy atom. The number of hydrogen-bond donors (Lipinski definition) is 1. The Labute approximate surface area is 93.9 Å². The van der Waals surface area contributed by atoms with Gasteiger partial charge in [-0.25, -0.2) is 4.98 Å². The third-order valence-electron chi connectivity index (χ3n) is 2.18. The Kier molecular flexibility index (Phi) is 2.76. The minimum absolute atomic E-state index is 0.420. The highest BCUT2D eigenvalue weighted by molar-refractivity contribution is 5.46. The summed E-state index contributed by atoms with van der Waals surface area (Å²) in [5.41, 5.74) is 7.62. The summed E-state index contributed by atoms with van der Waals surface area (Å²) in [6.45, 7) is 2.34. The summed E-state index contributed by atoms with van der Waals surface area (Å²) < 4.78 is 7.28. The van der Waals surface area contributed by atoms with Crippen LogP contribution in [0.15, 0.2) is 24.5 Å². The second-order valence-electron chi connectivity index (χ2n) is 3.65. The highest BCUT2D eigenvalue weighted by Gasteiger charge is 2.03. The van der Waals surface area contributed by atoms with E-state index in [0.29, 0.717) is 18.2 Å². The molecule has 0 aliphatic rings. The molecule has 0 bridgehead atoms. The number of hydrogen-bond acceptors (Lipinski definition) is 4. The molecule has 0 radical (unpaired) electrons. The molecule has 0 unspecified atom stereocenters. The van der Waals surface area contributed by atoms with Gasteiger partial charge >= 0.3 is 0 Å². The number of aryl methyl sites for hydroxylation is 2. The SMILES string of the molecule is Cc1ccc(OCc2cnn(C)c2)c(N)n1. The van der Waals surface area contributed by atoms with Crippen molar-refractivity contribution in [3.63, 3.8) is 0 Å². The monoisotopic (exact) mass is 218 g/mol. The van der Waals surface area contributed by atoms with E-state index in [-0.39, 0.29) is 0 Å². The predicted molar refractivity (Wildman–Crippen MR) is 60.9 cm³/mol. The number of nitrogen functional groups attached to an aromatic ring is 1. The van der Waals surface area contributed by atoms with Gasteiger partial charge in [-0.2, -0.15) is 5.10 Å². The van der Waals surface area contributed by atoms with Crippen LogP contribution in [0, 0.1) is 6.92 Å². The zero-order valence-corrected chi connectivity index (χ0v) is 9.34. The second-order valence-corrected chi connectivity index (χ2v) is 3.65. The molecule has 0 aliphatic heterocycles. The average Bonchev–Trinajstić information content (AvgIpc) is 2.63. The molecule has 0 spiro atoms. The number of rotatable bonds is 3. The minimum atomic E-state index is 0.420. The van der Waals surface area contributed by atoms with Gasteiger partial charge in [-0.05, 0) is 19.1 Å². The fourth-order valence-electron chi connectivity index (χ4n) is 1.39. The zero-order chi connectivity index (χ0) is 11.5. The van der Waals surface area contributed by atoms with E-state index in [1.807, 2.05) is 32.3 Å². The van der Waals surface area contributed by atoms with E-state index < -0.39 is 0 Å². The lowest BCUT2D eigenvalue weighted by atomic mass is 10.3. The van der Waals surface area contributed by atoms with Crippen LogP contribution in [0.25, 0.3) is 0 Å². The van der Waals surface area contributed by atoms with Gasteiger partial charge in [0.15, 0.2) is 11.6 Å². The Morgan fingerprint density at radius 2 is 2.25 bits per heavy atom. The summed E-state index contributed by atoms with van der Waals surface area (Å²) in [5, 5.41) is 4.06. The van der Waals surface area contributed by atoms with Crippen LogP contribution in [0.5, 0.6) is 5.75 Å². The highest BCUT2D eigenvalue weighted by atomic mass is 16.5. The quantitative estimate of drug-likeness (QED) is 0.842. The molecule has 5 heteroatoms. The molecule has 0 aliphatic carbocycles. The first-order valence-electron chi connectivity index (χ1n) is 4.98. The Bertz CT molecular complexity index is 492. The fourth-order valence-corrected chi connectivity index (χ4v) is 1.39. The first-order valence-corrected chi connectivity index (χ1v) is 4.98. The molecule has 84 valence electrons. The number of pyridine rings is 1. The molecular weight excluding hydrogens is 204 g/mol. The molecular formula is C11H14N4O. The number of nitrogens with zero attached hydrogens (tertiary/aromatic N) is 3. The third kappa shape index (κ3) is 2.31. The molecule has 0 saturated heterocycles. The summed E-state index contributed by atoms with van der Waals surface area (Å²) in [6, 6.07) is 3.70. The van der Waals surface area contributed by atoms with Crippen molar-refractivity contribution in [2.45, 2.75) is 13.5 Å². The van der Waals surface area contributed by atoms with Gasteiger partial charge in [0.1, 0.15) is 6.61 Å². The van der Waals surface area contributed by atoms with E-state index in [1.165, 1.54) is 0 Å². The first-order chi connectivity index (χ1) is 7.65. The van der Waals surface area contributed by atoms with Gasteiger partial charge in [-0.1, -0.05) is 0 Å². The lowest BCUT2D eigenvalue weighted by molar-refractivity contribution is 0.307. The van der Waals surface area contributed by atoms with Crippen molar-refractivity contribution >= 4 is 5.82 Å². The maximum atomic E-state index is 5.73. The van der Waals surface area contributed by atoms with Crippen LogP contribution >= 0.6 is 0 Å². The highest BCUT2D eigenvalue weighted by Crippen LogP contribution is 2.19. The maximum absolute atomic E-state index is 5.73. The molecule has 0 aromatic carbocycles. The fraction of sp³-hybridized carbons (Fsp3) is 0.273. The smallest absolute Gasteiger partial charge is 0.166 e. The molecule has 0 fully saturated rings. The Balaban J connectivity index is 2.04. The molecule has 2 heterocycles. The van der Waals surface area contributed by atoms with Crippen molar-refractivity contribution in [1.82, 2.24) is 14.8 Å². The van der Waals surface area contributed by atoms with Crippen molar-refractivity contribution in [3.05, 3.63) is 35.8 Å². The Hall–Kier alpha value is -2.04. The van der Waals surface area contributed by atoms with Crippen molar-refractivity contribution in [1.29, 1.82) is 0 Å². The molecule has 2 aromatic heterocycles. The molecule has 5 nitrogen and oxygen atoms in total. The number of nitrogens with two attached hydrogens (primary N) is 1. The summed E-state index contributed by atoms with van der Waals surface area (Å²) in [7, 11) is 1.87. The zero-order valence-electron chi connectivity index (χ0n) is 9.34. The molecule has 16 heavy (non-hydrogen) atoms. The Morgan fingerprint density at radius 3 is 2.88 bits per heavy atom. The van der Waals surface area contributed by atoms with Gasteiger partial charge in [0.25, 0.3) is 0 Å². The van der Waals surface area contributed by atoms with E-state index in [0.717, 1.165) is 11.3 Å². The van der Waals surface area contributed by atoms with Crippen LogP contribution in [-0.2, 0) is 13.7 Å². The van der Waals surface area contributed by atoms with Crippen molar-refractivity contribution in [3.8, 4) is 5.75 Å². The van der Waals surface area contributed by atoms with Gasteiger partial charge in [-0.15, -0.1) is 0 Å². The lowest BCUT2D eigenvalue weighted by Gasteiger charge is -2.07. The molecule has 0 atom stereocenters. The minimum Gasteiger partial charge on any atom is -0.485 e. The van der Waals surface area contributed by atoms with Crippen LogP contribution in [0.4, 0.5) is 5.82 Å². The van der Waals surface area contributed by atoms with E-state index in [2.05, 4.69) is 10.1 Å². The normalized spacial score (nSPS) is 10.4. The standard InChI is InChI=1S/C11H14N4O/c1-8-3-4-10(11(12)14-8)16-7-9-5-13-15(2)6-9/h3-6H,7H2,1-2H3,(H2,12,14). The second kappa shape index (κ2) is 4.22. The molecule has 2 rings (SSSR count). The summed E-state index contributed by atoms with van der Waals surface area (Å²) in [5.74, 6) is 1.03. The van der Waals surface area contributed by atoms with Crippen LogP contribution in [0.3, 0.4) is 0 Å².